The first-order chi connectivity index (χ1) is 20.2. The molecule has 1 heterocycles. The van der Waals surface area contributed by atoms with Gasteiger partial charge in [0.1, 0.15) is 17.6 Å². The van der Waals surface area contributed by atoms with Crippen molar-refractivity contribution in [3.05, 3.63) is 59.7 Å². The summed E-state index contributed by atoms with van der Waals surface area (Å²) in [4.78, 5) is 25.2. The molecule has 1 saturated heterocycles. The van der Waals surface area contributed by atoms with Crippen LogP contribution < -0.4 is 9.47 Å². The highest BCUT2D eigenvalue weighted by molar-refractivity contribution is 5.90. The number of esters is 2. The first-order valence-corrected chi connectivity index (χ1v) is 14.8. The summed E-state index contributed by atoms with van der Waals surface area (Å²) in [7, 11) is 0. The minimum absolute atomic E-state index is 0.0694. The van der Waals surface area contributed by atoms with E-state index in [0.29, 0.717) is 24.7 Å². The van der Waals surface area contributed by atoms with Crippen LogP contribution in [-0.4, -0.2) is 49.8 Å². The molecule has 1 aliphatic heterocycles. The lowest BCUT2D eigenvalue weighted by Gasteiger charge is -2.36. The lowest BCUT2D eigenvalue weighted by Crippen LogP contribution is -2.50. The van der Waals surface area contributed by atoms with Crippen molar-refractivity contribution in [2.75, 3.05) is 13.2 Å². The predicted octanol–water partition coefficient (Wildman–Crippen LogP) is 8.05. The summed E-state index contributed by atoms with van der Waals surface area (Å²) in [6.07, 6.45) is -2.10. The molecule has 10 heteroatoms. The normalized spacial score (nSPS) is 18.7. The average molecular weight is 595 g/mol. The summed E-state index contributed by atoms with van der Waals surface area (Å²) in [6.45, 7) is 5.35. The Hall–Kier alpha value is -3.27. The van der Waals surface area contributed by atoms with Crippen molar-refractivity contribution in [2.45, 2.75) is 103 Å². The Morgan fingerprint density at radius 1 is 0.714 bits per heavy atom. The molecule has 232 valence electrons. The van der Waals surface area contributed by atoms with Crippen LogP contribution in [0.4, 0.5) is 13.2 Å². The maximum Gasteiger partial charge on any atom is 0.418 e. The number of hydrogen-bond donors (Lipinski definition) is 0. The highest BCUT2D eigenvalue weighted by atomic mass is 19.4. The van der Waals surface area contributed by atoms with Crippen LogP contribution in [0.25, 0.3) is 0 Å². The zero-order valence-electron chi connectivity index (χ0n) is 24.3. The Balaban J connectivity index is 1.50. The maximum atomic E-state index is 13.9. The van der Waals surface area contributed by atoms with Crippen molar-refractivity contribution < 1.29 is 46.4 Å². The van der Waals surface area contributed by atoms with E-state index in [1.807, 2.05) is 0 Å². The standard InChI is InChI=1S/C32H41F3O7/c1-3-5-7-9-21-38-25-15-11-23(12-16-25)30(36)40-27-19-20-28(41-29(27)32(33,34)35)42-31(37)24-13-17-26(18-14-24)39-22-10-8-6-4-2/h11-18,27-29H,3-10,19-22H2,1-2H3/t27-,28-,29-/m1/s1. The van der Waals surface area contributed by atoms with Crippen LogP contribution in [0.1, 0.15) is 98.8 Å². The SMILES string of the molecule is CCCCCCOc1ccc(C(=O)O[C@@H]2CC[C@@H](OC(=O)c3ccc(OCCCCCC)cc3)[C@H](C(F)(F)F)O2)cc1. The third-order valence-corrected chi connectivity index (χ3v) is 6.86. The van der Waals surface area contributed by atoms with Gasteiger partial charge in [-0.2, -0.15) is 13.2 Å². The van der Waals surface area contributed by atoms with E-state index in [2.05, 4.69) is 13.8 Å². The number of benzene rings is 2. The van der Waals surface area contributed by atoms with E-state index >= 15 is 0 Å². The molecule has 0 bridgehead atoms. The molecule has 0 radical (unpaired) electrons. The van der Waals surface area contributed by atoms with Crippen molar-refractivity contribution in [1.82, 2.24) is 0 Å². The van der Waals surface area contributed by atoms with Crippen LogP contribution in [0.15, 0.2) is 48.5 Å². The Kier molecular flexibility index (Phi) is 13.4. The third-order valence-electron chi connectivity index (χ3n) is 6.86. The number of unbranched alkanes of at least 4 members (excludes halogenated alkanes) is 6. The molecule has 3 atom stereocenters. The van der Waals surface area contributed by atoms with E-state index in [1.54, 1.807) is 24.3 Å². The Morgan fingerprint density at radius 3 is 1.64 bits per heavy atom. The van der Waals surface area contributed by atoms with Crippen molar-refractivity contribution in [3.8, 4) is 11.5 Å². The topological polar surface area (TPSA) is 80.3 Å². The molecule has 3 rings (SSSR count). The first-order valence-electron chi connectivity index (χ1n) is 14.8. The van der Waals surface area contributed by atoms with Gasteiger partial charge in [0.2, 0.25) is 6.29 Å². The quantitative estimate of drug-likeness (QED) is 0.144. The van der Waals surface area contributed by atoms with Crippen LogP contribution in [0, 0.1) is 0 Å². The zero-order valence-corrected chi connectivity index (χ0v) is 24.3. The molecule has 0 aliphatic carbocycles. The third kappa shape index (κ3) is 10.9. The fraction of sp³-hybridized carbons (Fsp3) is 0.562. The maximum absolute atomic E-state index is 13.9. The smallest absolute Gasteiger partial charge is 0.418 e. The van der Waals surface area contributed by atoms with E-state index in [1.165, 1.54) is 24.3 Å². The molecular formula is C32H41F3O7. The second-order valence-electron chi connectivity index (χ2n) is 10.3. The zero-order chi connectivity index (χ0) is 30.4. The molecule has 42 heavy (non-hydrogen) atoms. The van der Waals surface area contributed by atoms with Gasteiger partial charge in [-0.05, 0) is 67.8 Å². The van der Waals surface area contributed by atoms with E-state index < -0.39 is 36.6 Å². The van der Waals surface area contributed by atoms with Crippen molar-refractivity contribution in [3.63, 3.8) is 0 Å². The van der Waals surface area contributed by atoms with Crippen LogP contribution in [0.3, 0.4) is 0 Å². The average Bonchev–Trinajstić information content (AvgIpc) is 2.97. The van der Waals surface area contributed by atoms with Gasteiger partial charge in [-0.15, -0.1) is 0 Å². The summed E-state index contributed by atoms with van der Waals surface area (Å²) in [5, 5.41) is 0. The number of halogens is 3. The molecule has 2 aromatic rings. The van der Waals surface area contributed by atoms with Gasteiger partial charge >= 0.3 is 18.1 Å². The van der Waals surface area contributed by atoms with Crippen LogP contribution >= 0.6 is 0 Å². The minimum Gasteiger partial charge on any atom is -0.494 e. The van der Waals surface area contributed by atoms with E-state index in [4.69, 9.17) is 23.7 Å². The van der Waals surface area contributed by atoms with Crippen LogP contribution in [-0.2, 0) is 14.2 Å². The number of rotatable bonds is 16. The van der Waals surface area contributed by atoms with E-state index in [0.717, 1.165) is 51.4 Å². The first kappa shape index (κ1) is 33.2. The molecular weight excluding hydrogens is 553 g/mol. The van der Waals surface area contributed by atoms with Crippen molar-refractivity contribution in [2.24, 2.45) is 0 Å². The summed E-state index contributed by atoms with van der Waals surface area (Å²) in [5.41, 5.74) is 0.249. The fourth-order valence-corrected chi connectivity index (χ4v) is 4.47. The van der Waals surface area contributed by atoms with Gasteiger partial charge in [0.25, 0.3) is 0 Å². The van der Waals surface area contributed by atoms with Gasteiger partial charge in [0.05, 0.1) is 24.3 Å². The van der Waals surface area contributed by atoms with Gasteiger partial charge in [0, 0.05) is 6.42 Å². The van der Waals surface area contributed by atoms with E-state index in [-0.39, 0.29) is 24.0 Å². The molecule has 0 N–H and O–H groups in total. The van der Waals surface area contributed by atoms with Crippen molar-refractivity contribution >= 4 is 11.9 Å². The fourth-order valence-electron chi connectivity index (χ4n) is 4.47. The van der Waals surface area contributed by atoms with Gasteiger partial charge in [-0.1, -0.05) is 52.4 Å². The van der Waals surface area contributed by atoms with Gasteiger partial charge in [-0.3, -0.25) is 0 Å². The lowest BCUT2D eigenvalue weighted by molar-refractivity contribution is -0.301. The lowest BCUT2D eigenvalue weighted by atomic mass is 10.0. The highest BCUT2D eigenvalue weighted by Gasteiger charge is 2.52. The molecule has 7 nitrogen and oxygen atoms in total. The second-order valence-corrected chi connectivity index (χ2v) is 10.3. The number of alkyl halides is 3. The van der Waals surface area contributed by atoms with Crippen LogP contribution in [0.5, 0.6) is 11.5 Å². The minimum atomic E-state index is -4.85. The predicted molar refractivity (Wildman–Crippen MR) is 151 cm³/mol. The monoisotopic (exact) mass is 594 g/mol. The van der Waals surface area contributed by atoms with E-state index in [9.17, 15) is 22.8 Å². The number of ether oxygens (including phenoxy) is 5. The summed E-state index contributed by atoms with van der Waals surface area (Å²) >= 11 is 0. The number of hydrogen-bond acceptors (Lipinski definition) is 7. The molecule has 1 aliphatic rings. The number of carbonyl (C=O) groups is 2. The summed E-state index contributed by atoms with van der Waals surface area (Å²) in [6, 6.07) is 12.2. The second kappa shape index (κ2) is 17.0. The molecule has 0 amide bonds. The number of carbonyl (C=O) groups excluding carboxylic acids is 2. The van der Waals surface area contributed by atoms with Crippen LogP contribution in [0.2, 0.25) is 0 Å². The van der Waals surface area contributed by atoms with Crippen molar-refractivity contribution in [1.29, 1.82) is 0 Å². The van der Waals surface area contributed by atoms with Gasteiger partial charge in [-0.25, -0.2) is 9.59 Å². The molecule has 1 fully saturated rings. The molecule has 2 aromatic carbocycles. The van der Waals surface area contributed by atoms with Gasteiger partial charge < -0.3 is 23.7 Å². The van der Waals surface area contributed by atoms with Gasteiger partial charge in [0.15, 0.2) is 6.10 Å². The Labute approximate surface area is 245 Å². The summed E-state index contributed by atoms with van der Waals surface area (Å²) < 4.78 is 68.4. The Bertz CT molecular complexity index is 1090. The molecule has 0 saturated carbocycles. The highest BCUT2D eigenvalue weighted by Crippen LogP contribution is 2.35. The molecule has 0 unspecified atom stereocenters. The largest absolute Gasteiger partial charge is 0.494 e. The molecule has 0 aromatic heterocycles. The summed E-state index contributed by atoms with van der Waals surface area (Å²) in [5.74, 6) is -0.580. The Morgan fingerprint density at radius 2 is 1.19 bits per heavy atom. The molecule has 0 spiro atoms.